The van der Waals surface area contributed by atoms with Gasteiger partial charge in [-0.1, -0.05) is 60.7 Å². The van der Waals surface area contributed by atoms with E-state index in [1.165, 1.54) is 16.9 Å². The Kier molecular flexibility index (Phi) is 4.35. The molecule has 3 heteroatoms. The van der Waals surface area contributed by atoms with Crippen LogP contribution in [-0.2, 0) is 4.74 Å². The van der Waals surface area contributed by atoms with Crippen LogP contribution in [0.5, 0.6) is 0 Å². The zero-order valence-electron chi connectivity index (χ0n) is 12.2. The van der Waals surface area contributed by atoms with Crippen molar-refractivity contribution < 1.29 is 9.53 Å². The second-order valence-corrected chi connectivity index (χ2v) is 5.96. The van der Waals surface area contributed by atoms with Crippen molar-refractivity contribution in [3.8, 4) is 11.1 Å². The van der Waals surface area contributed by atoms with Crippen molar-refractivity contribution in [2.75, 3.05) is 0 Å². The lowest BCUT2D eigenvalue weighted by molar-refractivity contribution is 0.0344. The number of hydrogen-bond donors (Lipinski definition) is 0. The van der Waals surface area contributed by atoms with E-state index in [2.05, 4.69) is 24.3 Å². The molecule has 0 saturated carbocycles. The largest absolute Gasteiger partial charge is 0.454 e. The summed E-state index contributed by atoms with van der Waals surface area (Å²) in [5.41, 5.74) is 3.32. The lowest BCUT2D eigenvalue weighted by atomic mass is 10.0. The van der Waals surface area contributed by atoms with E-state index in [1.807, 2.05) is 48.7 Å². The van der Waals surface area contributed by atoms with Crippen LogP contribution < -0.4 is 0 Å². The summed E-state index contributed by atoms with van der Waals surface area (Å²) in [6, 6.07) is 22.0. The van der Waals surface area contributed by atoms with Crippen LogP contribution in [0.2, 0.25) is 0 Å². The predicted octanol–water partition coefficient (Wildman–Crippen LogP) is 5.33. The molecule has 0 N–H and O–H groups in total. The normalized spacial score (nSPS) is 11.9. The minimum Gasteiger partial charge on any atom is -0.454 e. The molecule has 0 radical (unpaired) electrons. The number of hydrogen-bond acceptors (Lipinski definition) is 3. The van der Waals surface area contributed by atoms with Crippen LogP contribution in [0.1, 0.15) is 28.3 Å². The summed E-state index contributed by atoms with van der Waals surface area (Å²) in [7, 11) is 0. The molecular weight excluding hydrogens is 292 g/mol. The zero-order valence-corrected chi connectivity index (χ0v) is 13.0. The van der Waals surface area contributed by atoms with Gasteiger partial charge in [0.05, 0.1) is 0 Å². The topological polar surface area (TPSA) is 26.3 Å². The Balaban J connectivity index is 1.71. The van der Waals surface area contributed by atoms with Gasteiger partial charge in [0.2, 0.25) is 0 Å². The minimum absolute atomic E-state index is 0.264. The van der Waals surface area contributed by atoms with Crippen LogP contribution in [0.3, 0.4) is 0 Å². The van der Waals surface area contributed by atoms with Gasteiger partial charge in [-0.2, -0.15) is 0 Å². The first-order chi connectivity index (χ1) is 10.7. The number of rotatable bonds is 4. The Morgan fingerprint density at radius 1 is 0.909 bits per heavy atom. The molecule has 0 aliphatic rings. The molecule has 110 valence electrons. The smallest absolute Gasteiger partial charge is 0.348 e. The van der Waals surface area contributed by atoms with E-state index in [0.29, 0.717) is 4.88 Å². The Hall–Kier alpha value is -2.39. The minimum atomic E-state index is -0.269. The molecule has 2 nitrogen and oxygen atoms in total. The van der Waals surface area contributed by atoms with Crippen molar-refractivity contribution in [1.29, 1.82) is 0 Å². The van der Waals surface area contributed by atoms with Gasteiger partial charge in [-0.3, -0.25) is 0 Å². The summed E-state index contributed by atoms with van der Waals surface area (Å²) in [5, 5.41) is 1.87. The van der Waals surface area contributed by atoms with Crippen LogP contribution in [0.4, 0.5) is 0 Å². The Labute approximate surface area is 134 Å². The van der Waals surface area contributed by atoms with Crippen molar-refractivity contribution in [3.05, 3.63) is 82.6 Å². The number of benzene rings is 2. The summed E-state index contributed by atoms with van der Waals surface area (Å²) in [4.78, 5) is 12.6. The number of carbonyl (C=O) groups excluding carboxylic acids is 1. The summed E-state index contributed by atoms with van der Waals surface area (Å²) in [6.07, 6.45) is -0.264. The van der Waals surface area contributed by atoms with Crippen LogP contribution in [0.25, 0.3) is 11.1 Å². The summed E-state index contributed by atoms with van der Waals surface area (Å²) in [5.74, 6) is -0.269. The fraction of sp³-hybridized carbons (Fsp3) is 0.105. The maximum Gasteiger partial charge on any atom is 0.348 e. The van der Waals surface area contributed by atoms with Crippen molar-refractivity contribution >= 4 is 17.3 Å². The predicted molar refractivity (Wildman–Crippen MR) is 90.0 cm³/mol. The third-order valence-corrected chi connectivity index (χ3v) is 4.34. The highest BCUT2D eigenvalue weighted by atomic mass is 32.1. The maximum absolute atomic E-state index is 12.0. The van der Waals surface area contributed by atoms with Gasteiger partial charge in [-0.25, -0.2) is 4.79 Å². The van der Waals surface area contributed by atoms with Crippen LogP contribution in [0.15, 0.2) is 72.1 Å². The molecule has 0 spiro atoms. The summed E-state index contributed by atoms with van der Waals surface area (Å²) < 4.78 is 5.50. The molecule has 0 aliphatic carbocycles. The van der Waals surface area contributed by atoms with E-state index in [9.17, 15) is 4.79 Å². The average molecular weight is 308 g/mol. The molecule has 0 fully saturated rings. The number of thiophene rings is 1. The summed E-state index contributed by atoms with van der Waals surface area (Å²) in [6.45, 7) is 1.89. The Morgan fingerprint density at radius 2 is 1.59 bits per heavy atom. The third-order valence-electron chi connectivity index (χ3n) is 3.49. The third kappa shape index (κ3) is 3.26. The molecule has 1 heterocycles. The Morgan fingerprint density at radius 3 is 2.23 bits per heavy atom. The van der Waals surface area contributed by atoms with Crippen molar-refractivity contribution in [2.24, 2.45) is 0 Å². The number of ether oxygens (including phenoxy) is 1. The van der Waals surface area contributed by atoms with Gasteiger partial charge < -0.3 is 4.74 Å². The fourth-order valence-electron chi connectivity index (χ4n) is 2.26. The van der Waals surface area contributed by atoms with Gasteiger partial charge in [0, 0.05) is 0 Å². The van der Waals surface area contributed by atoms with E-state index in [1.54, 1.807) is 6.07 Å². The second-order valence-electron chi connectivity index (χ2n) is 5.01. The lowest BCUT2D eigenvalue weighted by Crippen LogP contribution is -2.07. The number of carbonyl (C=O) groups is 1. The van der Waals surface area contributed by atoms with Crippen LogP contribution in [-0.4, -0.2) is 5.97 Å². The molecule has 2 aromatic carbocycles. The molecule has 0 aliphatic heterocycles. The van der Waals surface area contributed by atoms with Crippen LogP contribution in [0, 0.1) is 0 Å². The SMILES string of the molecule is CC(OC(=O)c1cccs1)c1ccc(-c2ccccc2)cc1. The first-order valence-corrected chi connectivity index (χ1v) is 8.02. The van der Waals surface area contributed by atoms with E-state index in [0.717, 1.165) is 11.1 Å². The highest BCUT2D eigenvalue weighted by Crippen LogP contribution is 2.24. The first-order valence-electron chi connectivity index (χ1n) is 7.14. The molecule has 3 aromatic rings. The maximum atomic E-state index is 12.0. The molecular formula is C19H16O2S. The lowest BCUT2D eigenvalue weighted by Gasteiger charge is -2.13. The summed E-state index contributed by atoms with van der Waals surface area (Å²) >= 11 is 1.39. The van der Waals surface area contributed by atoms with Gasteiger partial charge in [0.25, 0.3) is 0 Å². The average Bonchev–Trinajstić information content (AvgIpc) is 3.10. The Bertz CT molecular complexity index is 731. The first kappa shape index (κ1) is 14.5. The van der Waals surface area contributed by atoms with Gasteiger partial charge in [-0.15, -0.1) is 11.3 Å². The molecule has 0 bridgehead atoms. The van der Waals surface area contributed by atoms with Gasteiger partial charge >= 0.3 is 5.97 Å². The standard InChI is InChI=1S/C19H16O2S/c1-14(21-19(20)18-8-5-13-22-18)15-9-11-17(12-10-15)16-6-3-2-4-7-16/h2-14H,1H3. The van der Waals surface area contributed by atoms with Crippen molar-refractivity contribution in [2.45, 2.75) is 13.0 Å². The molecule has 1 unspecified atom stereocenters. The van der Waals surface area contributed by atoms with E-state index in [-0.39, 0.29) is 12.1 Å². The molecule has 22 heavy (non-hydrogen) atoms. The molecule has 0 amide bonds. The zero-order chi connectivity index (χ0) is 15.4. The van der Waals surface area contributed by atoms with Crippen molar-refractivity contribution in [1.82, 2.24) is 0 Å². The quantitative estimate of drug-likeness (QED) is 0.609. The molecule has 1 aromatic heterocycles. The van der Waals surface area contributed by atoms with E-state index in [4.69, 9.17) is 4.74 Å². The fourth-order valence-corrected chi connectivity index (χ4v) is 2.86. The second kappa shape index (κ2) is 6.58. The van der Waals surface area contributed by atoms with Crippen molar-refractivity contribution in [3.63, 3.8) is 0 Å². The van der Waals surface area contributed by atoms with Gasteiger partial charge in [0.1, 0.15) is 11.0 Å². The van der Waals surface area contributed by atoms with Gasteiger partial charge in [0.15, 0.2) is 0 Å². The highest BCUT2D eigenvalue weighted by Gasteiger charge is 2.14. The molecule has 1 atom stereocenters. The molecule has 0 saturated heterocycles. The number of esters is 1. The van der Waals surface area contributed by atoms with E-state index < -0.39 is 0 Å². The monoisotopic (exact) mass is 308 g/mol. The van der Waals surface area contributed by atoms with E-state index >= 15 is 0 Å². The molecule has 3 rings (SSSR count). The highest BCUT2D eigenvalue weighted by molar-refractivity contribution is 7.11. The van der Waals surface area contributed by atoms with Gasteiger partial charge in [-0.05, 0) is 35.1 Å². The van der Waals surface area contributed by atoms with Crippen LogP contribution >= 0.6 is 11.3 Å².